The first-order valence-electron chi connectivity index (χ1n) is 12.9. The van der Waals surface area contributed by atoms with E-state index in [9.17, 15) is 14.0 Å². The number of nitrogens with zero attached hydrogens (tertiary/aromatic N) is 5. The first-order valence-corrected chi connectivity index (χ1v) is 12.9. The number of imidazole rings is 1. The minimum Gasteiger partial charge on any atom is -0.481 e. The van der Waals surface area contributed by atoms with E-state index < -0.39 is 5.82 Å². The van der Waals surface area contributed by atoms with Gasteiger partial charge in [0.25, 0.3) is 5.91 Å². The number of piperidine rings is 1. The zero-order valence-electron chi connectivity index (χ0n) is 21.4. The number of aromatic nitrogens is 5. The fourth-order valence-corrected chi connectivity index (χ4v) is 5.52. The fraction of sp³-hybridized carbons (Fsp3) is 0.500. The van der Waals surface area contributed by atoms with Gasteiger partial charge in [-0.2, -0.15) is 5.10 Å². The minimum absolute atomic E-state index is 0.0102. The van der Waals surface area contributed by atoms with Crippen molar-refractivity contribution in [2.75, 3.05) is 20.3 Å². The van der Waals surface area contributed by atoms with Gasteiger partial charge in [-0.3, -0.25) is 14.7 Å². The van der Waals surface area contributed by atoms with Gasteiger partial charge in [0, 0.05) is 42.4 Å². The highest BCUT2D eigenvalue weighted by Gasteiger charge is 2.54. The van der Waals surface area contributed by atoms with E-state index in [1.165, 1.54) is 13.2 Å². The van der Waals surface area contributed by atoms with Crippen molar-refractivity contribution in [1.29, 1.82) is 0 Å². The predicted octanol–water partition coefficient (Wildman–Crippen LogP) is 2.61. The van der Waals surface area contributed by atoms with Crippen LogP contribution in [0.3, 0.4) is 0 Å². The summed E-state index contributed by atoms with van der Waals surface area (Å²) < 4.78 is 27.0. The molecule has 12 heteroatoms. The van der Waals surface area contributed by atoms with Crippen LogP contribution in [-0.2, 0) is 22.7 Å². The first kappa shape index (κ1) is 24.5. The second kappa shape index (κ2) is 9.50. The lowest BCUT2D eigenvalue weighted by atomic mass is 9.87. The number of halogens is 1. The molecule has 2 amide bonds. The number of nitrogens with one attached hydrogen (secondary N) is 2. The van der Waals surface area contributed by atoms with Crippen molar-refractivity contribution in [3.63, 3.8) is 0 Å². The summed E-state index contributed by atoms with van der Waals surface area (Å²) >= 11 is 0. The Kier molecular flexibility index (Phi) is 6.13. The Labute approximate surface area is 218 Å². The van der Waals surface area contributed by atoms with Crippen LogP contribution in [0.1, 0.15) is 60.7 Å². The molecule has 1 spiro atoms. The third-order valence-corrected chi connectivity index (χ3v) is 7.85. The third kappa shape index (κ3) is 4.42. The average molecular weight is 524 g/mol. The number of aromatic amines is 1. The molecule has 0 aromatic carbocycles. The summed E-state index contributed by atoms with van der Waals surface area (Å²) in [5.74, 6) is 0.194. The number of amides is 2. The molecule has 1 aliphatic carbocycles. The fourth-order valence-electron chi connectivity index (χ4n) is 5.52. The number of likely N-dealkylation sites (tertiary alicyclic amines) is 1. The van der Waals surface area contributed by atoms with Crippen molar-refractivity contribution in [2.45, 2.75) is 57.3 Å². The smallest absolute Gasteiger partial charge is 0.272 e. The Hall–Kier alpha value is -3.80. The van der Waals surface area contributed by atoms with Crippen molar-refractivity contribution < 1.29 is 23.5 Å². The maximum atomic E-state index is 14.4. The monoisotopic (exact) mass is 523 g/mol. The van der Waals surface area contributed by atoms with Crippen LogP contribution in [0.5, 0.6) is 5.88 Å². The molecule has 2 N–H and O–H groups in total. The highest BCUT2D eigenvalue weighted by Crippen LogP contribution is 2.50. The summed E-state index contributed by atoms with van der Waals surface area (Å²) in [6.45, 7) is 4.32. The molecule has 0 unspecified atom stereocenters. The molecule has 5 heterocycles. The second-order valence-electron chi connectivity index (χ2n) is 10.3. The van der Waals surface area contributed by atoms with Crippen LogP contribution in [0, 0.1) is 11.7 Å². The van der Waals surface area contributed by atoms with E-state index in [2.05, 4.69) is 30.0 Å². The molecule has 2 aliphatic heterocycles. The van der Waals surface area contributed by atoms with Gasteiger partial charge in [-0.1, -0.05) is 0 Å². The molecule has 11 nitrogen and oxygen atoms in total. The Balaban J connectivity index is 1.11. The maximum Gasteiger partial charge on any atom is 0.272 e. The molecule has 38 heavy (non-hydrogen) atoms. The SMILES string of the molecule is COc1cc(-c2cc(C(=O)N3CC[C@H](C(=O)N[C@@H](C)c4cn5c(n4)COCC5)CC34CC4)[nH]n2)c(F)cn1. The van der Waals surface area contributed by atoms with Gasteiger partial charge in [-0.05, 0) is 38.7 Å². The quantitative estimate of drug-likeness (QED) is 0.508. The maximum absolute atomic E-state index is 14.4. The van der Waals surface area contributed by atoms with Crippen molar-refractivity contribution >= 4 is 11.8 Å². The molecular formula is C26H30FN7O4. The van der Waals surface area contributed by atoms with Crippen molar-refractivity contribution in [3.8, 4) is 17.1 Å². The van der Waals surface area contributed by atoms with Gasteiger partial charge in [0.1, 0.15) is 18.1 Å². The predicted molar refractivity (Wildman–Crippen MR) is 132 cm³/mol. The van der Waals surface area contributed by atoms with E-state index in [-0.39, 0.29) is 46.5 Å². The summed E-state index contributed by atoms with van der Waals surface area (Å²) in [5.41, 5.74) is 1.27. The number of H-pyrrole nitrogens is 1. The molecule has 1 saturated heterocycles. The Morgan fingerprint density at radius 2 is 2.16 bits per heavy atom. The summed E-state index contributed by atoms with van der Waals surface area (Å²) in [6.07, 6.45) is 5.93. The van der Waals surface area contributed by atoms with Gasteiger partial charge in [-0.25, -0.2) is 14.4 Å². The molecule has 6 rings (SSSR count). The van der Waals surface area contributed by atoms with Crippen molar-refractivity contribution in [1.82, 2.24) is 34.9 Å². The lowest BCUT2D eigenvalue weighted by molar-refractivity contribution is -0.128. The Morgan fingerprint density at radius 3 is 2.92 bits per heavy atom. The average Bonchev–Trinajstić information content (AvgIpc) is 3.32. The number of fused-ring (bicyclic) bond motifs is 1. The normalized spacial score (nSPS) is 20.6. The molecule has 2 fully saturated rings. The van der Waals surface area contributed by atoms with Crippen LogP contribution in [-0.4, -0.2) is 67.2 Å². The van der Waals surface area contributed by atoms with E-state index in [1.807, 2.05) is 18.0 Å². The van der Waals surface area contributed by atoms with Crippen LogP contribution in [0.15, 0.2) is 24.5 Å². The summed E-state index contributed by atoms with van der Waals surface area (Å²) in [4.78, 5) is 37.0. The number of hydrogen-bond acceptors (Lipinski definition) is 7. The van der Waals surface area contributed by atoms with Crippen LogP contribution < -0.4 is 10.1 Å². The zero-order valence-corrected chi connectivity index (χ0v) is 21.4. The molecule has 3 aromatic rings. The number of pyridine rings is 1. The van der Waals surface area contributed by atoms with Crippen LogP contribution >= 0.6 is 0 Å². The van der Waals surface area contributed by atoms with Gasteiger partial charge < -0.3 is 24.3 Å². The molecule has 0 radical (unpaired) electrons. The van der Waals surface area contributed by atoms with E-state index in [0.29, 0.717) is 38.3 Å². The number of ether oxygens (including phenoxy) is 2. The van der Waals surface area contributed by atoms with Crippen molar-refractivity contribution in [2.24, 2.45) is 5.92 Å². The molecule has 3 aliphatic rings. The van der Waals surface area contributed by atoms with Gasteiger partial charge in [0.2, 0.25) is 11.8 Å². The van der Waals surface area contributed by atoms with Crippen LogP contribution in [0.4, 0.5) is 4.39 Å². The first-order chi connectivity index (χ1) is 18.4. The summed E-state index contributed by atoms with van der Waals surface area (Å²) in [6, 6.07) is 2.78. The molecule has 3 aromatic heterocycles. The van der Waals surface area contributed by atoms with Gasteiger partial charge in [0.05, 0.1) is 37.3 Å². The lowest BCUT2D eigenvalue weighted by Gasteiger charge is -2.39. The van der Waals surface area contributed by atoms with E-state index in [0.717, 1.165) is 37.1 Å². The van der Waals surface area contributed by atoms with E-state index >= 15 is 0 Å². The zero-order chi connectivity index (χ0) is 26.4. The lowest BCUT2D eigenvalue weighted by Crippen LogP contribution is -2.51. The molecule has 1 saturated carbocycles. The minimum atomic E-state index is -0.555. The highest BCUT2D eigenvalue weighted by molar-refractivity contribution is 5.94. The molecule has 0 bridgehead atoms. The van der Waals surface area contributed by atoms with Gasteiger partial charge in [0.15, 0.2) is 5.82 Å². The third-order valence-electron chi connectivity index (χ3n) is 7.85. The van der Waals surface area contributed by atoms with Gasteiger partial charge in [-0.15, -0.1) is 0 Å². The van der Waals surface area contributed by atoms with E-state index in [1.54, 1.807) is 6.07 Å². The standard InChI is InChI=1S/C26H30FN7O4/c1-15(21-13-33-7-8-38-14-22(33)30-21)29-24(35)16-3-6-34(26(11-16)4-5-26)25(36)20-10-19(31-32-20)17-9-23(37-2)28-12-18(17)27/h9-10,12-13,15-16H,3-8,11,14H2,1-2H3,(H,29,35)(H,31,32)/t15-,16-/m0/s1. The molecular weight excluding hydrogens is 493 g/mol. The number of methoxy groups -OCH3 is 1. The Morgan fingerprint density at radius 1 is 1.32 bits per heavy atom. The molecule has 2 atom stereocenters. The van der Waals surface area contributed by atoms with Crippen molar-refractivity contribution in [3.05, 3.63) is 47.6 Å². The van der Waals surface area contributed by atoms with E-state index in [4.69, 9.17) is 9.47 Å². The number of carbonyl (C=O) groups is 2. The number of carbonyl (C=O) groups excluding carboxylic acids is 2. The summed E-state index contributed by atoms with van der Waals surface area (Å²) in [7, 11) is 1.45. The van der Waals surface area contributed by atoms with Crippen LogP contribution in [0.25, 0.3) is 11.3 Å². The summed E-state index contributed by atoms with van der Waals surface area (Å²) in [5, 5.41) is 10.1. The largest absolute Gasteiger partial charge is 0.481 e. The number of hydrogen-bond donors (Lipinski definition) is 2. The van der Waals surface area contributed by atoms with Crippen LogP contribution in [0.2, 0.25) is 0 Å². The molecule has 200 valence electrons. The second-order valence-corrected chi connectivity index (χ2v) is 10.3. The van der Waals surface area contributed by atoms with Gasteiger partial charge >= 0.3 is 0 Å². The topological polar surface area (TPSA) is 127 Å². The Bertz CT molecular complexity index is 1360. The highest BCUT2D eigenvalue weighted by atomic mass is 19.1. The number of rotatable bonds is 6.